The zero-order valence-corrected chi connectivity index (χ0v) is 11.7. The summed E-state index contributed by atoms with van der Waals surface area (Å²) in [6.45, 7) is 7.89. The minimum absolute atomic E-state index is 0.0209. The van der Waals surface area contributed by atoms with Gasteiger partial charge in [0.25, 0.3) is 0 Å². The largest absolute Gasteiger partial charge is 0.385 e. The Morgan fingerprint density at radius 1 is 1.41 bits per heavy atom. The lowest BCUT2D eigenvalue weighted by Gasteiger charge is -2.40. The second kappa shape index (κ2) is 5.71. The summed E-state index contributed by atoms with van der Waals surface area (Å²) in [5, 5.41) is 3.19. The number of hydrogen-bond acceptors (Lipinski definition) is 2. The van der Waals surface area contributed by atoms with Crippen molar-refractivity contribution in [3.8, 4) is 0 Å². The van der Waals surface area contributed by atoms with E-state index in [-0.39, 0.29) is 5.54 Å². The van der Waals surface area contributed by atoms with Gasteiger partial charge < -0.3 is 15.8 Å². The third-order valence-corrected chi connectivity index (χ3v) is 3.34. The molecule has 0 aliphatic heterocycles. The van der Waals surface area contributed by atoms with Crippen molar-refractivity contribution >= 4 is 5.96 Å². The van der Waals surface area contributed by atoms with Crippen LogP contribution in [0.1, 0.15) is 46.5 Å². The van der Waals surface area contributed by atoms with Crippen LogP contribution in [0.5, 0.6) is 0 Å². The van der Waals surface area contributed by atoms with Crippen molar-refractivity contribution < 1.29 is 4.74 Å². The molecule has 0 bridgehead atoms. The first kappa shape index (κ1) is 14.3. The summed E-state index contributed by atoms with van der Waals surface area (Å²) in [4.78, 5) is 4.48. The fourth-order valence-corrected chi connectivity index (χ4v) is 2.16. The maximum atomic E-state index is 5.88. The summed E-state index contributed by atoms with van der Waals surface area (Å²) in [5.74, 6) is 0.557. The van der Waals surface area contributed by atoms with Gasteiger partial charge in [-0.2, -0.15) is 0 Å². The number of nitrogens with zero attached hydrogens (tertiary/aromatic N) is 1. The number of guanidine groups is 1. The van der Waals surface area contributed by atoms with Gasteiger partial charge in [-0.1, -0.05) is 6.42 Å². The van der Waals surface area contributed by atoms with Crippen LogP contribution in [0.4, 0.5) is 0 Å². The van der Waals surface area contributed by atoms with E-state index in [9.17, 15) is 0 Å². The van der Waals surface area contributed by atoms with Gasteiger partial charge in [0.05, 0.1) is 0 Å². The number of hydrogen-bond donors (Lipinski definition) is 2. The van der Waals surface area contributed by atoms with Gasteiger partial charge in [-0.15, -0.1) is 0 Å². The Morgan fingerprint density at radius 3 is 2.47 bits per heavy atom. The summed E-state index contributed by atoms with van der Waals surface area (Å²) in [6, 6.07) is 0. The molecule has 0 spiro atoms. The molecular formula is C13H27N3O. The standard InChI is InChI=1S/C13H27N3O/c1-12(2,3)16-11(14)15-10-13(6-5-7-13)8-9-17-4/h5-10H2,1-4H3,(H3,14,15,16). The zero-order valence-electron chi connectivity index (χ0n) is 11.7. The van der Waals surface area contributed by atoms with Gasteiger partial charge in [-0.05, 0) is 45.4 Å². The van der Waals surface area contributed by atoms with Crippen LogP contribution < -0.4 is 11.1 Å². The summed E-state index contributed by atoms with van der Waals surface area (Å²) in [7, 11) is 1.76. The Labute approximate surface area is 105 Å². The molecule has 1 aliphatic carbocycles. The molecule has 1 fully saturated rings. The molecule has 3 N–H and O–H groups in total. The van der Waals surface area contributed by atoms with Gasteiger partial charge in [0, 0.05) is 25.8 Å². The van der Waals surface area contributed by atoms with E-state index in [1.165, 1.54) is 19.3 Å². The smallest absolute Gasteiger partial charge is 0.189 e. The van der Waals surface area contributed by atoms with Crippen molar-refractivity contribution in [1.82, 2.24) is 5.32 Å². The Balaban J connectivity index is 2.43. The van der Waals surface area contributed by atoms with E-state index in [1.807, 2.05) is 0 Å². The second-order valence-electron chi connectivity index (χ2n) is 6.17. The number of ether oxygens (including phenoxy) is 1. The fraction of sp³-hybridized carbons (Fsp3) is 0.923. The molecule has 4 nitrogen and oxygen atoms in total. The van der Waals surface area contributed by atoms with Crippen molar-refractivity contribution in [3.63, 3.8) is 0 Å². The third-order valence-electron chi connectivity index (χ3n) is 3.34. The van der Waals surface area contributed by atoms with E-state index in [0.29, 0.717) is 11.4 Å². The number of aliphatic imine (C=N–C) groups is 1. The number of methoxy groups -OCH3 is 1. The summed E-state index contributed by atoms with van der Waals surface area (Å²) >= 11 is 0. The van der Waals surface area contributed by atoms with Gasteiger partial charge in [0.15, 0.2) is 5.96 Å². The molecule has 4 heteroatoms. The first-order valence-electron chi connectivity index (χ1n) is 6.44. The van der Waals surface area contributed by atoms with Crippen molar-refractivity contribution in [2.45, 2.75) is 52.0 Å². The summed E-state index contributed by atoms with van der Waals surface area (Å²) in [5.41, 5.74) is 6.21. The Morgan fingerprint density at radius 2 is 2.06 bits per heavy atom. The van der Waals surface area contributed by atoms with Gasteiger partial charge >= 0.3 is 0 Å². The zero-order chi connectivity index (χ0) is 12.9. The second-order valence-corrected chi connectivity index (χ2v) is 6.17. The minimum atomic E-state index is -0.0209. The predicted molar refractivity (Wildman–Crippen MR) is 72.2 cm³/mol. The highest BCUT2D eigenvalue weighted by Crippen LogP contribution is 2.44. The predicted octanol–water partition coefficient (Wildman–Crippen LogP) is 1.90. The van der Waals surface area contributed by atoms with Gasteiger partial charge in [0.2, 0.25) is 0 Å². The average molecular weight is 241 g/mol. The Kier molecular flexibility index (Phi) is 4.80. The van der Waals surface area contributed by atoms with Crippen molar-refractivity contribution in [2.24, 2.45) is 16.1 Å². The van der Waals surface area contributed by atoms with E-state index < -0.39 is 0 Å². The van der Waals surface area contributed by atoms with Crippen LogP contribution >= 0.6 is 0 Å². The molecule has 17 heavy (non-hydrogen) atoms. The molecule has 1 saturated carbocycles. The minimum Gasteiger partial charge on any atom is -0.385 e. The van der Waals surface area contributed by atoms with Crippen molar-refractivity contribution in [3.05, 3.63) is 0 Å². The van der Waals surface area contributed by atoms with E-state index in [4.69, 9.17) is 10.5 Å². The van der Waals surface area contributed by atoms with E-state index in [2.05, 4.69) is 31.1 Å². The lowest BCUT2D eigenvalue weighted by molar-refractivity contribution is 0.0778. The Hall–Kier alpha value is -0.770. The van der Waals surface area contributed by atoms with E-state index in [0.717, 1.165) is 19.6 Å². The molecule has 0 unspecified atom stereocenters. The van der Waals surface area contributed by atoms with Crippen molar-refractivity contribution in [2.75, 3.05) is 20.3 Å². The molecule has 0 amide bonds. The topological polar surface area (TPSA) is 59.6 Å². The molecule has 1 rings (SSSR count). The summed E-state index contributed by atoms with van der Waals surface area (Å²) < 4.78 is 5.17. The highest BCUT2D eigenvalue weighted by molar-refractivity contribution is 5.78. The van der Waals surface area contributed by atoms with Gasteiger partial charge in [-0.3, -0.25) is 4.99 Å². The molecule has 0 aromatic rings. The first-order valence-corrected chi connectivity index (χ1v) is 6.44. The molecule has 0 aromatic heterocycles. The third kappa shape index (κ3) is 4.94. The van der Waals surface area contributed by atoms with E-state index >= 15 is 0 Å². The maximum Gasteiger partial charge on any atom is 0.189 e. The highest BCUT2D eigenvalue weighted by Gasteiger charge is 2.36. The molecule has 0 atom stereocenters. The normalized spacial score (nSPS) is 19.9. The van der Waals surface area contributed by atoms with Crippen LogP contribution in [-0.4, -0.2) is 31.8 Å². The van der Waals surface area contributed by atoms with Gasteiger partial charge in [0.1, 0.15) is 0 Å². The molecule has 100 valence electrons. The SMILES string of the molecule is COCCC1(CN=C(N)NC(C)(C)C)CCC1. The lowest BCUT2D eigenvalue weighted by Crippen LogP contribution is -2.46. The summed E-state index contributed by atoms with van der Waals surface area (Å²) in [6.07, 6.45) is 4.91. The lowest BCUT2D eigenvalue weighted by atomic mass is 9.67. The molecular weight excluding hydrogens is 214 g/mol. The van der Waals surface area contributed by atoms with Crippen molar-refractivity contribution in [1.29, 1.82) is 0 Å². The number of rotatable bonds is 5. The van der Waals surface area contributed by atoms with Crippen LogP contribution in [-0.2, 0) is 4.74 Å². The molecule has 0 radical (unpaired) electrons. The van der Waals surface area contributed by atoms with E-state index in [1.54, 1.807) is 7.11 Å². The van der Waals surface area contributed by atoms with Gasteiger partial charge in [-0.25, -0.2) is 0 Å². The first-order chi connectivity index (χ1) is 7.87. The highest BCUT2D eigenvalue weighted by atomic mass is 16.5. The van der Waals surface area contributed by atoms with Crippen LogP contribution in [0.2, 0.25) is 0 Å². The average Bonchev–Trinajstić information content (AvgIpc) is 2.13. The number of nitrogens with two attached hydrogens (primary N) is 1. The monoisotopic (exact) mass is 241 g/mol. The van der Waals surface area contributed by atoms with Crippen LogP contribution in [0, 0.1) is 5.41 Å². The molecule has 0 aromatic carbocycles. The van der Waals surface area contributed by atoms with Crippen LogP contribution in [0.3, 0.4) is 0 Å². The maximum absolute atomic E-state index is 5.88. The Bertz CT molecular complexity index is 264. The number of nitrogens with one attached hydrogen (secondary N) is 1. The molecule has 1 aliphatic rings. The van der Waals surface area contributed by atoms with Crippen LogP contribution in [0.25, 0.3) is 0 Å². The fourth-order valence-electron chi connectivity index (χ4n) is 2.16. The molecule has 0 heterocycles. The van der Waals surface area contributed by atoms with Crippen LogP contribution in [0.15, 0.2) is 4.99 Å². The quantitative estimate of drug-likeness (QED) is 0.571. The molecule has 0 saturated heterocycles.